The maximum absolute atomic E-state index is 13.8. The van der Waals surface area contributed by atoms with Gasteiger partial charge < -0.3 is 13.8 Å². The normalized spacial score (nSPS) is 15.4. The van der Waals surface area contributed by atoms with Gasteiger partial charge in [0.2, 0.25) is 0 Å². The Morgan fingerprint density at radius 2 is 1.24 bits per heavy atom. The molecule has 0 amide bonds. The van der Waals surface area contributed by atoms with Crippen molar-refractivity contribution in [3.8, 4) is 44.9 Å². The van der Waals surface area contributed by atoms with Crippen molar-refractivity contribution < 1.29 is 28.0 Å². The second-order valence-electron chi connectivity index (χ2n) is 11.2. The Morgan fingerprint density at radius 3 is 1.87 bits per heavy atom. The fourth-order valence-electron chi connectivity index (χ4n) is 6.22. The minimum Gasteiger partial charge on any atom is -0.469 e. The van der Waals surface area contributed by atoms with Crippen LogP contribution in [0.5, 0.6) is 11.5 Å². The van der Waals surface area contributed by atoms with E-state index in [9.17, 15) is 14.3 Å². The van der Waals surface area contributed by atoms with Crippen molar-refractivity contribution in [2.45, 2.75) is 25.7 Å². The molecule has 1 aliphatic heterocycles. The van der Waals surface area contributed by atoms with E-state index >= 15 is 0 Å². The predicted octanol–water partition coefficient (Wildman–Crippen LogP) is 9.75. The van der Waals surface area contributed by atoms with Crippen LogP contribution in [0.3, 0.4) is 0 Å². The molecule has 7 heteroatoms. The number of esters is 1. The standard InChI is InChI=1S/C38H31O6P/c1-42-34(39)19-11-8-12-25-20-21-31-29(22-25)24-33(27-15-6-3-7-16-27)38-36(31)35-30-18-10-9-17-28(30)23-32(26-13-4-2-5-14-26)37(35)43-45(40,41)44-38/h2-7,9-10,13-18,20-24H,8,11-12,19H2,1H3,(H,40,41). The van der Waals surface area contributed by atoms with Gasteiger partial charge in [0, 0.05) is 28.7 Å². The second-order valence-corrected chi connectivity index (χ2v) is 12.5. The van der Waals surface area contributed by atoms with Crippen LogP contribution in [0, 0.1) is 0 Å². The van der Waals surface area contributed by atoms with Gasteiger partial charge in [-0.25, -0.2) is 4.57 Å². The van der Waals surface area contributed by atoms with E-state index in [2.05, 4.69) is 18.2 Å². The van der Waals surface area contributed by atoms with Crippen molar-refractivity contribution in [3.63, 3.8) is 0 Å². The number of phosphoric acid groups is 1. The van der Waals surface area contributed by atoms with E-state index in [0.717, 1.165) is 57.5 Å². The molecule has 0 spiro atoms. The van der Waals surface area contributed by atoms with E-state index in [4.69, 9.17) is 13.8 Å². The van der Waals surface area contributed by atoms with E-state index in [1.165, 1.54) is 7.11 Å². The number of rotatable bonds is 7. The van der Waals surface area contributed by atoms with Crippen molar-refractivity contribution in [1.82, 2.24) is 0 Å². The number of carbonyl (C=O) groups excluding carboxylic acids is 1. The Kier molecular flexibility index (Phi) is 7.62. The van der Waals surface area contributed by atoms with Gasteiger partial charge in [-0.3, -0.25) is 9.69 Å². The van der Waals surface area contributed by atoms with Crippen LogP contribution in [-0.2, 0) is 20.5 Å². The van der Waals surface area contributed by atoms with Crippen LogP contribution < -0.4 is 9.05 Å². The zero-order valence-electron chi connectivity index (χ0n) is 24.7. The Hall–Kier alpha value is -4.90. The monoisotopic (exact) mass is 614 g/mol. The minimum absolute atomic E-state index is 0.201. The predicted molar refractivity (Wildman–Crippen MR) is 178 cm³/mol. The quantitative estimate of drug-likeness (QED) is 0.110. The van der Waals surface area contributed by atoms with Crippen LogP contribution in [0.2, 0.25) is 0 Å². The molecule has 0 fully saturated rings. The topological polar surface area (TPSA) is 82.1 Å². The number of hydrogen-bond donors (Lipinski definition) is 1. The van der Waals surface area contributed by atoms with Crippen LogP contribution in [0.15, 0.2) is 115 Å². The molecule has 0 saturated carbocycles. The van der Waals surface area contributed by atoms with E-state index in [1.54, 1.807) is 0 Å². The third-order valence-electron chi connectivity index (χ3n) is 8.32. The molecule has 0 saturated heterocycles. The van der Waals surface area contributed by atoms with Gasteiger partial charge in [-0.1, -0.05) is 103 Å². The fraction of sp³-hybridized carbons (Fsp3) is 0.132. The highest BCUT2D eigenvalue weighted by Gasteiger charge is 2.37. The summed E-state index contributed by atoms with van der Waals surface area (Å²) in [7, 11) is -3.21. The third-order valence-corrected chi connectivity index (χ3v) is 9.14. The Labute approximate surface area is 261 Å². The first-order valence-electron chi connectivity index (χ1n) is 15.0. The van der Waals surface area contributed by atoms with E-state index in [1.807, 2.05) is 97.1 Å². The van der Waals surface area contributed by atoms with Gasteiger partial charge in [-0.15, -0.1) is 0 Å². The lowest BCUT2D eigenvalue weighted by atomic mass is 9.86. The Bertz CT molecular complexity index is 2110. The number of aryl methyl sites for hydroxylation is 1. The lowest BCUT2D eigenvalue weighted by Crippen LogP contribution is -2.00. The number of fused-ring (bicyclic) bond motifs is 7. The summed E-state index contributed by atoms with van der Waals surface area (Å²) in [5.41, 5.74) is 5.66. The first kappa shape index (κ1) is 28.8. The molecule has 0 radical (unpaired) electrons. The van der Waals surface area contributed by atoms with Crippen LogP contribution in [-0.4, -0.2) is 18.0 Å². The van der Waals surface area contributed by atoms with Crippen LogP contribution in [0.1, 0.15) is 24.8 Å². The lowest BCUT2D eigenvalue weighted by Gasteiger charge is -2.19. The molecular formula is C38H31O6P. The molecular weight excluding hydrogens is 583 g/mol. The molecule has 1 unspecified atom stereocenters. The summed E-state index contributed by atoms with van der Waals surface area (Å²) in [6.07, 6.45) is 2.77. The van der Waals surface area contributed by atoms with Crippen molar-refractivity contribution in [1.29, 1.82) is 0 Å². The van der Waals surface area contributed by atoms with E-state index < -0.39 is 7.82 Å². The van der Waals surface area contributed by atoms with E-state index in [-0.39, 0.29) is 5.97 Å². The summed E-state index contributed by atoms with van der Waals surface area (Å²) in [6.45, 7) is 0. The van der Waals surface area contributed by atoms with Gasteiger partial charge in [0.15, 0.2) is 0 Å². The van der Waals surface area contributed by atoms with Gasteiger partial charge in [-0.05, 0) is 69.6 Å². The highest BCUT2D eigenvalue weighted by Crippen LogP contribution is 2.61. The molecule has 6 nitrogen and oxygen atoms in total. The summed E-state index contributed by atoms with van der Waals surface area (Å²) in [5.74, 6) is 0.412. The number of benzene rings is 6. The fourth-order valence-corrected chi connectivity index (χ4v) is 7.10. The number of phosphoric ester groups is 1. The lowest BCUT2D eigenvalue weighted by molar-refractivity contribution is -0.140. The van der Waals surface area contributed by atoms with Crippen LogP contribution in [0.25, 0.3) is 54.9 Å². The molecule has 0 aliphatic carbocycles. The molecule has 0 bridgehead atoms. The molecule has 6 aromatic carbocycles. The number of unbranched alkanes of at least 4 members (excludes halogenated alkanes) is 1. The largest absolute Gasteiger partial charge is 0.584 e. The first-order valence-corrected chi connectivity index (χ1v) is 16.5. The number of hydrogen-bond acceptors (Lipinski definition) is 5. The van der Waals surface area contributed by atoms with Gasteiger partial charge in [-0.2, -0.15) is 0 Å². The zero-order valence-corrected chi connectivity index (χ0v) is 25.6. The molecule has 1 aliphatic rings. The zero-order chi connectivity index (χ0) is 31.0. The summed E-state index contributed by atoms with van der Waals surface area (Å²) >= 11 is 0. The second kappa shape index (κ2) is 11.9. The van der Waals surface area contributed by atoms with Gasteiger partial charge >= 0.3 is 13.8 Å². The summed E-state index contributed by atoms with van der Waals surface area (Å²) in [4.78, 5) is 22.8. The molecule has 45 heavy (non-hydrogen) atoms. The number of ether oxygens (including phenoxy) is 1. The maximum Gasteiger partial charge on any atom is 0.584 e. The van der Waals surface area contributed by atoms with Crippen LogP contribution >= 0.6 is 7.82 Å². The van der Waals surface area contributed by atoms with Gasteiger partial charge in [0.1, 0.15) is 11.5 Å². The Balaban J connectivity index is 1.53. The van der Waals surface area contributed by atoms with Crippen molar-refractivity contribution in [2.75, 3.05) is 7.11 Å². The molecule has 1 N–H and O–H groups in total. The summed E-state index contributed by atoms with van der Waals surface area (Å²) < 4.78 is 30.6. The van der Waals surface area contributed by atoms with E-state index in [0.29, 0.717) is 40.2 Å². The molecule has 1 atom stereocenters. The third kappa shape index (κ3) is 5.59. The van der Waals surface area contributed by atoms with Crippen molar-refractivity contribution in [3.05, 3.63) is 121 Å². The molecule has 7 rings (SSSR count). The highest BCUT2D eigenvalue weighted by atomic mass is 31.2. The maximum atomic E-state index is 13.8. The highest BCUT2D eigenvalue weighted by molar-refractivity contribution is 7.48. The number of carbonyl (C=O) groups is 1. The van der Waals surface area contributed by atoms with Gasteiger partial charge in [0.05, 0.1) is 7.11 Å². The summed E-state index contributed by atoms with van der Waals surface area (Å²) in [5, 5.41) is 3.71. The Morgan fingerprint density at radius 1 is 0.689 bits per heavy atom. The molecule has 224 valence electrons. The van der Waals surface area contributed by atoms with Crippen molar-refractivity contribution in [2.24, 2.45) is 0 Å². The average Bonchev–Trinajstić information content (AvgIpc) is 3.19. The smallest absolute Gasteiger partial charge is 0.469 e. The van der Waals surface area contributed by atoms with Crippen molar-refractivity contribution >= 4 is 35.3 Å². The average molecular weight is 615 g/mol. The van der Waals surface area contributed by atoms with Gasteiger partial charge in [0.25, 0.3) is 0 Å². The molecule has 6 aromatic rings. The number of methoxy groups -OCH3 is 1. The first-order chi connectivity index (χ1) is 21.9. The summed E-state index contributed by atoms with van der Waals surface area (Å²) in [6, 6.07) is 37.8. The molecule has 1 heterocycles. The minimum atomic E-state index is -4.62. The SMILES string of the molecule is COC(=O)CCCCc1ccc2c3c(c(-c4ccccc4)cc2c1)OP(=O)(O)Oc1c(-c2ccccc2)cc2ccccc2c1-3. The van der Waals surface area contributed by atoms with Crippen LogP contribution in [0.4, 0.5) is 0 Å². The molecule has 0 aromatic heterocycles.